The molecule has 0 fully saturated rings. The molecule has 0 saturated heterocycles. The molecule has 0 saturated carbocycles. The van der Waals surface area contributed by atoms with Crippen molar-refractivity contribution in [1.29, 1.82) is 0 Å². The fraction of sp³-hybridized carbons (Fsp3) is 0.846. The predicted molar refractivity (Wildman–Crippen MR) is 71.4 cm³/mol. The first-order valence-corrected chi connectivity index (χ1v) is 7.06. The Labute approximate surface area is 98.9 Å². The van der Waals surface area contributed by atoms with Crippen molar-refractivity contribution in [3.8, 4) is 0 Å². The zero-order valence-electron chi connectivity index (χ0n) is 10.4. The molecule has 2 N–H and O–H groups in total. The molecule has 1 aliphatic carbocycles. The lowest BCUT2D eigenvalue weighted by Crippen LogP contribution is -2.27. The predicted octanol–water partition coefficient (Wildman–Crippen LogP) is 3.74. The van der Waals surface area contributed by atoms with Crippen molar-refractivity contribution < 1.29 is 0 Å². The highest BCUT2D eigenvalue weighted by molar-refractivity contribution is 8.00. The normalized spacial score (nSPS) is 20.7. The summed E-state index contributed by atoms with van der Waals surface area (Å²) < 4.78 is 0.336. The summed E-state index contributed by atoms with van der Waals surface area (Å²) in [5, 5.41) is 0. The highest BCUT2D eigenvalue weighted by atomic mass is 32.2. The molecule has 1 unspecified atom stereocenters. The largest absolute Gasteiger partial charge is 0.324 e. The van der Waals surface area contributed by atoms with E-state index in [4.69, 9.17) is 5.73 Å². The van der Waals surface area contributed by atoms with Gasteiger partial charge in [-0.15, -0.1) is 0 Å². The first kappa shape index (κ1) is 13.1. The van der Waals surface area contributed by atoms with Crippen molar-refractivity contribution in [1.82, 2.24) is 0 Å². The van der Waals surface area contributed by atoms with Gasteiger partial charge in [0.25, 0.3) is 0 Å². The molecule has 0 spiro atoms. The van der Waals surface area contributed by atoms with Gasteiger partial charge >= 0.3 is 0 Å². The maximum absolute atomic E-state index is 6.24. The van der Waals surface area contributed by atoms with Crippen LogP contribution in [-0.4, -0.2) is 16.5 Å². The number of hydrogen-bond donors (Lipinski definition) is 1. The third-order valence-corrected chi connectivity index (χ3v) is 4.14. The molecule has 15 heavy (non-hydrogen) atoms. The van der Waals surface area contributed by atoms with E-state index in [0.717, 1.165) is 5.75 Å². The molecule has 1 aliphatic rings. The van der Waals surface area contributed by atoms with E-state index in [2.05, 4.69) is 26.8 Å². The van der Waals surface area contributed by atoms with Crippen LogP contribution in [0.3, 0.4) is 0 Å². The smallest absolute Gasteiger partial charge is 0.0345 e. The first-order chi connectivity index (χ1) is 6.99. The molecule has 0 heterocycles. The van der Waals surface area contributed by atoms with E-state index in [1.165, 1.54) is 37.7 Å². The zero-order valence-corrected chi connectivity index (χ0v) is 11.2. The SMILES string of the molecule is CC(C)(C)SCC(N)C1=CCCCCC1. The van der Waals surface area contributed by atoms with Gasteiger partial charge in [0, 0.05) is 16.5 Å². The number of rotatable bonds is 3. The molecule has 0 bridgehead atoms. The molecule has 2 heteroatoms. The van der Waals surface area contributed by atoms with E-state index in [-0.39, 0.29) is 6.04 Å². The molecule has 1 atom stereocenters. The third-order valence-electron chi connectivity index (χ3n) is 2.75. The lowest BCUT2D eigenvalue weighted by Gasteiger charge is -2.22. The maximum Gasteiger partial charge on any atom is 0.0345 e. The molecular weight excluding hydrogens is 202 g/mol. The Balaban J connectivity index is 2.38. The van der Waals surface area contributed by atoms with Gasteiger partial charge in [-0.05, 0) is 25.7 Å². The van der Waals surface area contributed by atoms with E-state index >= 15 is 0 Å². The number of nitrogens with two attached hydrogens (primary N) is 1. The van der Waals surface area contributed by atoms with Crippen molar-refractivity contribution in [2.45, 2.75) is 63.7 Å². The van der Waals surface area contributed by atoms with Crippen LogP contribution >= 0.6 is 11.8 Å². The second kappa shape index (κ2) is 5.95. The van der Waals surface area contributed by atoms with E-state index in [0.29, 0.717) is 4.75 Å². The van der Waals surface area contributed by atoms with Crippen molar-refractivity contribution >= 4 is 11.8 Å². The molecule has 1 nitrogen and oxygen atoms in total. The summed E-state index contributed by atoms with van der Waals surface area (Å²) in [6, 6.07) is 0.285. The third kappa shape index (κ3) is 5.62. The van der Waals surface area contributed by atoms with Gasteiger partial charge in [0.15, 0.2) is 0 Å². The minimum absolute atomic E-state index is 0.285. The summed E-state index contributed by atoms with van der Waals surface area (Å²) in [5.41, 5.74) is 7.74. The lowest BCUT2D eigenvalue weighted by molar-refractivity contribution is 0.691. The van der Waals surface area contributed by atoms with Gasteiger partial charge in [-0.25, -0.2) is 0 Å². The zero-order chi connectivity index (χ0) is 11.3. The van der Waals surface area contributed by atoms with Crippen molar-refractivity contribution in [3.05, 3.63) is 11.6 Å². The average Bonchev–Trinajstić information content (AvgIpc) is 2.41. The average molecular weight is 227 g/mol. The fourth-order valence-electron chi connectivity index (χ4n) is 1.82. The summed E-state index contributed by atoms with van der Waals surface area (Å²) in [4.78, 5) is 0. The molecule has 0 aromatic rings. The monoisotopic (exact) mass is 227 g/mol. The van der Waals surface area contributed by atoms with Gasteiger partial charge in [-0.1, -0.05) is 38.8 Å². The minimum atomic E-state index is 0.285. The summed E-state index contributed by atoms with van der Waals surface area (Å²) in [7, 11) is 0. The van der Waals surface area contributed by atoms with Crippen molar-refractivity contribution in [2.75, 3.05) is 5.75 Å². The molecule has 0 aromatic heterocycles. The molecule has 0 amide bonds. The van der Waals surface area contributed by atoms with Crippen LogP contribution in [0.25, 0.3) is 0 Å². The van der Waals surface area contributed by atoms with Crippen LogP contribution in [0, 0.1) is 0 Å². The van der Waals surface area contributed by atoms with Crippen LogP contribution < -0.4 is 5.73 Å². The van der Waals surface area contributed by atoms with Gasteiger partial charge in [-0.3, -0.25) is 0 Å². The summed E-state index contributed by atoms with van der Waals surface area (Å²) in [6.45, 7) is 6.77. The standard InChI is InChI=1S/C13H25NS/c1-13(2,3)15-10-12(14)11-8-6-4-5-7-9-11/h8,12H,4-7,9-10,14H2,1-3H3. The fourth-order valence-corrected chi connectivity index (χ4v) is 2.72. The van der Waals surface area contributed by atoms with Crippen LogP contribution in [0.2, 0.25) is 0 Å². The van der Waals surface area contributed by atoms with Crippen LogP contribution in [-0.2, 0) is 0 Å². The van der Waals surface area contributed by atoms with Crippen molar-refractivity contribution in [2.24, 2.45) is 5.73 Å². The highest BCUT2D eigenvalue weighted by Gasteiger charge is 2.16. The summed E-state index contributed by atoms with van der Waals surface area (Å²) in [6.07, 6.45) is 8.91. The Kier molecular flexibility index (Phi) is 5.20. The second-order valence-electron chi connectivity index (χ2n) is 5.41. The van der Waals surface area contributed by atoms with Crippen LogP contribution in [0.1, 0.15) is 52.9 Å². The van der Waals surface area contributed by atoms with Crippen LogP contribution in [0.5, 0.6) is 0 Å². The van der Waals surface area contributed by atoms with E-state index in [1.807, 2.05) is 11.8 Å². The Bertz CT molecular complexity index is 215. The van der Waals surface area contributed by atoms with Crippen molar-refractivity contribution in [3.63, 3.8) is 0 Å². The van der Waals surface area contributed by atoms with Crippen LogP contribution in [0.15, 0.2) is 11.6 Å². The topological polar surface area (TPSA) is 26.0 Å². The van der Waals surface area contributed by atoms with Gasteiger partial charge in [0.05, 0.1) is 0 Å². The van der Waals surface area contributed by atoms with E-state index in [1.54, 1.807) is 0 Å². The van der Waals surface area contributed by atoms with Gasteiger partial charge in [0.2, 0.25) is 0 Å². The highest BCUT2D eigenvalue weighted by Crippen LogP contribution is 2.27. The van der Waals surface area contributed by atoms with E-state index < -0.39 is 0 Å². The minimum Gasteiger partial charge on any atom is -0.324 e. The summed E-state index contributed by atoms with van der Waals surface area (Å²) in [5.74, 6) is 1.06. The first-order valence-electron chi connectivity index (χ1n) is 6.07. The molecule has 1 rings (SSSR count). The second-order valence-corrected chi connectivity index (χ2v) is 7.25. The molecule has 0 radical (unpaired) electrons. The molecular formula is C13H25NS. The summed E-state index contributed by atoms with van der Waals surface area (Å²) >= 11 is 1.98. The number of allylic oxidation sites excluding steroid dienone is 1. The van der Waals surface area contributed by atoms with E-state index in [9.17, 15) is 0 Å². The molecule has 0 aromatic carbocycles. The Morgan fingerprint density at radius 3 is 2.73 bits per heavy atom. The molecule has 0 aliphatic heterocycles. The van der Waals surface area contributed by atoms with Gasteiger partial charge in [-0.2, -0.15) is 11.8 Å². The number of hydrogen-bond acceptors (Lipinski definition) is 2. The molecule has 88 valence electrons. The maximum atomic E-state index is 6.24. The van der Waals surface area contributed by atoms with Crippen LogP contribution in [0.4, 0.5) is 0 Å². The van der Waals surface area contributed by atoms with Gasteiger partial charge < -0.3 is 5.73 Å². The quantitative estimate of drug-likeness (QED) is 0.743. The Morgan fingerprint density at radius 1 is 1.33 bits per heavy atom. The number of thioether (sulfide) groups is 1. The van der Waals surface area contributed by atoms with Gasteiger partial charge in [0.1, 0.15) is 0 Å². The lowest BCUT2D eigenvalue weighted by atomic mass is 10.0. The Hall–Kier alpha value is 0.0500. The Morgan fingerprint density at radius 2 is 2.07 bits per heavy atom.